The highest BCUT2D eigenvalue weighted by molar-refractivity contribution is 4.86. The Morgan fingerprint density at radius 1 is 1.46 bits per heavy atom. The number of rotatable bonds is 4. The number of halogens is 3. The molecule has 0 heterocycles. The highest BCUT2D eigenvalue weighted by Crippen LogP contribution is 2.29. The molecule has 0 amide bonds. The number of hydrogen-bond donors (Lipinski definition) is 1. The van der Waals surface area contributed by atoms with E-state index in [-0.39, 0.29) is 12.1 Å². The fraction of sp³-hybridized carbons (Fsp3) is 1.00. The molecular formula is C8H15F3N2. The first-order valence-corrected chi connectivity index (χ1v) is 4.45. The third kappa shape index (κ3) is 4.47. The molecular weight excluding hydrogens is 181 g/mol. The first kappa shape index (κ1) is 10.8. The third-order valence-corrected chi connectivity index (χ3v) is 1.97. The molecule has 5 heteroatoms. The second kappa shape index (κ2) is 3.84. The van der Waals surface area contributed by atoms with Gasteiger partial charge in [-0.1, -0.05) is 0 Å². The lowest BCUT2D eigenvalue weighted by atomic mass is 10.3. The van der Waals surface area contributed by atoms with Crippen LogP contribution in [0.3, 0.4) is 0 Å². The number of nitrogens with zero attached hydrogens (tertiary/aromatic N) is 1. The summed E-state index contributed by atoms with van der Waals surface area (Å²) in [5.41, 5.74) is 5.47. The van der Waals surface area contributed by atoms with E-state index in [4.69, 9.17) is 5.73 Å². The van der Waals surface area contributed by atoms with Gasteiger partial charge in [0.1, 0.15) is 0 Å². The van der Waals surface area contributed by atoms with Crippen LogP contribution >= 0.6 is 0 Å². The summed E-state index contributed by atoms with van der Waals surface area (Å²) in [4.78, 5) is 1.44. The Bertz CT molecular complexity index is 163. The van der Waals surface area contributed by atoms with Crippen LogP contribution in [0.4, 0.5) is 13.2 Å². The minimum atomic E-state index is -4.10. The van der Waals surface area contributed by atoms with Crippen LogP contribution in [0.15, 0.2) is 0 Å². The minimum Gasteiger partial charge on any atom is -0.327 e. The summed E-state index contributed by atoms with van der Waals surface area (Å²) >= 11 is 0. The molecule has 13 heavy (non-hydrogen) atoms. The van der Waals surface area contributed by atoms with Crippen LogP contribution in [0.25, 0.3) is 0 Å². The van der Waals surface area contributed by atoms with E-state index >= 15 is 0 Å². The number of alkyl halides is 3. The lowest BCUT2D eigenvalue weighted by Gasteiger charge is -2.24. The van der Waals surface area contributed by atoms with Crippen molar-refractivity contribution in [2.75, 3.05) is 13.1 Å². The molecule has 0 radical (unpaired) electrons. The summed E-state index contributed by atoms with van der Waals surface area (Å²) < 4.78 is 36.2. The van der Waals surface area contributed by atoms with Gasteiger partial charge in [-0.15, -0.1) is 0 Å². The van der Waals surface area contributed by atoms with Crippen molar-refractivity contribution in [3.63, 3.8) is 0 Å². The average Bonchev–Trinajstić information content (AvgIpc) is 2.60. The van der Waals surface area contributed by atoms with Gasteiger partial charge in [0.05, 0.1) is 6.54 Å². The van der Waals surface area contributed by atoms with E-state index in [1.165, 1.54) is 4.90 Å². The monoisotopic (exact) mass is 196 g/mol. The molecule has 0 unspecified atom stereocenters. The fourth-order valence-electron chi connectivity index (χ4n) is 1.38. The first-order valence-electron chi connectivity index (χ1n) is 4.45. The van der Waals surface area contributed by atoms with Crippen LogP contribution in [0, 0.1) is 0 Å². The van der Waals surface area contributed by atoms with Gasteiger partial charge in [0.2, 0.25) is 0 Å². The summed E-state index contributed by atoms with van der Waals surface area (Å²) in [7, 11) is 0. The van der Waals surface area contributed by atoms with E-state index in [1.807, 2.05) is 0 Å². The predicted molar refractivity (Wildman–Crippen MR) is 44.3 cm³/mol. The normalized spacial score (nSPS) is 20.8. The standard InChI is InChI=1S/C8H15F3N2/c1-6(12)4-13(7-2-3-7)5-8(9,10)11/h6-7H,2-5,12H2,1H3/t6-/m1/s1. The van der Waals surface area contributed by atoms with E-state index in [2.05, 4.69) is 0 Å². The summed E-state index contributed by atoms with van der Waals surface area (Å²) in [6, 6.07) is -0.0735. The zero-order valence-corrected chi connectivity index (χ0v) is 7.64. The van der Waals surface area contributed by atoms with Gasteiger partial charge in [-0.2, -0.15) is 13.2 Å². The van der Waals surface area contributed by atoms with Crippen LogP contribution in [0.1, 0.15) is 19.8 Å². The molecule has 0 aliphatic heterocycles. The van der Waals surface area contributed by atoms with E-state index in [1.54, 1.807) is 6.92 Å². The second-order valence-electron chi connectivity index (χ2n) is 3.75. The van der Waals surface area contributed by atoms with Gasteiger partial charge < -0.3 is 5.73 Å². The van der Waals surface area contributed by atoms with Crippen molar-refractivity contribution in [3.8, 4) is 0 Å². The summed E-state index contributed by atoms with van der Waals surface area (Å²) in [5.74, 6) is 0. The van der Waals surface area contributed by atoms with Crippen LogP contribution in [-0.2, 0) is 0 Å². The van der Waals surface area contributed by atoms with Crippen molar-refractivity contribution in [1.29, 1.82) is 0 Å². The zero-order chi connectivity index (χ0) is 10.1. The third-order valence-electron chi connectivity index (χ3n) is 1.97. The molecule has 1 fully saturated rings. The lowest BCUT2D eigenvalue weighted by Crippen LogP contribution is -2.42. The van der Waals surface area contributed by atoms with Gasteiger partial charge in [0.15, 0.2) is 0 Å². The molecule has 0 aromatic heterocycles. The van der Waals surface area contributed by atoms with Crippen LogP contribution in [-0.4, -0.2) is 36.2 Å². The van der Waals surface area contributed by atoms with Gasteiger partial charge in [0, 0.05) is 18.6 Å². The molecule has 1 rings (SSSR count). The Kier molecular flexibility index (Phi) is 3.18. The Labute approximate surface area is 75.9 Å². The van der Waals surface area contributed by atoms with Gasteiger partial charge >= 0.3 is 6.18 Å². The zero-order valence-electron chi connectivity index (χ0n) is 7.64. The smallest absolute Gasteiger partial charge is 0.327 e. The molecule has 0 aromatic rings. The second-order valence-corrected chi connectivity index (χ2v) is 3.75. The quantitative estimate of drug-likeness (QED) is 0.735. The lowest BCUT2D eigenvalue weighted by molar-refractivity contribution is -0.147. The molecule has 0 spiro atoms. The molecule has 0 saturated heterocycles. The maximum Gasteiger partial charge on any atom is 0.401 e. The first-order chi connectivity index (χ1) is 5.88. The molecule has 1 atom stereocenters. The SMILES string of the molecule is C[C@@H](N)CN(CC(F)(F)F)C1CC1. The summed E-state index contributed by atoms with van der Waals surface area (Å²) in [5, 5.41) is 0. The topological polar surface area (TPSA) is 29.3 Å². The van der Waals surface area contributed by atoms with Crippen LogP contribution in [0.5, 0.6) is 0 Å². The Morgan fingerprint density at radius 2 is 2.00 bits per heavy atom. The van der Waals surface area contributed by atoms with Crippen LogP contribution in [0.2, 0.25) is 0 Å². The Balaban J connectivity index is 2.38. The van der Waals surface area contributed by atoms with Gasteiger partial charge in [-0.3, -0.25) is 4.90 Å². The molecule has 1 aliphatic carbocycles. The van der Waals surface area contributed by atoms with E-state index in [0.29, 0.717) is 6.54 Å². The Morgan fingerprint density at radius 3 is 2.31 bits per heavy atom. The molecule has 2 nitrogen and oxygen atoms in total. The number of hydrogen-bond acceptors (Lipinski definition) is 2. The summed E-state index contributed by atoms with van der Waals surface area (Å²) in [6.07, 6.45) is -2.34. The molecule has 1 saturated carbocycles. The largest absolute Gasteiger partial charge is 0.401 e. The highest BCUT2D eigenvalue weighted by atomic mass is 19.4. The van der Waals surface area contributed by atoms with Crippen molar-refractivity contribution in [3.05, 3.63) is 0 Å². The van der Waals surface area contributed by atoms with Crippen molar-refractivity contribution in [2.24, 2.45) is 5.73 Å². The molecule has 0 aromatic carbocycles. The van der Waals surface area contributed by atoms with Crippen molar-refractivity contribution < 1.29 is 13.2 Å². The summed E-state index contributed by atoms with van der Waals surface area (Å²) in [6.45, 7) is 1.25. The maximum absolute atomic E-state index is 12.1. The molecule has 78 valence electrons. The number of nitrogens with two attached hydrogens (primary N) is 1. The molecule has 1 aliphatic rings. The van der Waals surface area contributed by atoms with Crippen molar-refractivity contribution >= 4 is 0 Å². The van der Waals surface area contributed by atoms with E-state index < -0.39 is 12.7 Å². The van der Waals surface area contributed by atoms with Gasteiger partial charge in [0.25, 0.3) is 0 Å². The van der Waals surface area contributed by atoms with Gasteiger partial charge in [-0.25, -0.2) is 0 Å². The highest BCUT2D eigenvalue weighted by Gasteiger charge is 2.37. The average molecular weight is 196 g/mol. The maximum atomic E-state index is 12.1. The van der Waals surface area contributed by atoms with E-state index in [9.17, 15) is 13.2 Å². The Hall–Kier alpha value is -0.290. The van der Waals surface area contributed by atoms with Crippen LogP contribution < -0.4 is 5.73 Å². The fourth-order valence-corrected chi connectivity index (χ4v) is 1.38. The van der Waals surface area contributed by atoms with Crippen molar-refractivity contribution in [2.45, 2.75) is 38.0 Å². The van der Waals surface area contributed by atoms with Gasteiger partial charge in [-0.05, 0) is 19.8 Å². The molecule has 2 N–H and O–H groups in total. The van der Waals surface area contributed by atoms with Crippen molar-refractivity contribution in [1.82, 2.24) is 4.90 Å². The molecule has 0 bridgehead atoms. The predicted octanol–water partition coefficient (Wildman–Crippen LogP) is 1.36. The minimum absolute atomic E-state index is 0.118. The van der Waals surface area contributed by atoms with E-state index in [0.717, 1.165) is 12.8 Å².